The predicted octanol–water partition coefficient (Wildman–Crippen LogP) is 2.58. The number of amidine groups is 1. The molecule has 1 fully saturated rings. The minimum Gasteiger partial charge on any atom is -0.449 e. The van der Waals surface area contributed by atoms with Crippen LogP contribution in [0.5, 0.6) is 0 Å². The molecule has 0 aliphatic carbocycles. The number of benzene rings is 1. The van der Waals surface area contributed by atoms with Gasteiger partial charge in [0.05, 0.1) is 12.2 Å². The van der Waals surface area contributed by atoms with Gasteiger partial charge < -0.3 is 9.47 Å². The highest BCUT2D eigenvalue weighted by Crippen LogP contribution is 2.31. The smallest absolute Gasteiger partial charge is 0.293 e. The van der Waals surface area contributed by atoms with Crippen molar-refractivity contribution in [2.75, 3.05) is 18.1 Å². The summed E-state index contributed by atoms with van der Waals surface area (Å²) in [4.78, 5) is 6.80. The molecule has 0 radical (unpaired) electrons. The van der Waals surface area contributed by atoms with Crippen LogP contribution in [0.3, 0.4) is 0 Å². The largest absolute Gasteiger partial charge is 0.449 e. The molecule has 2 aliphatic heterocycles. The fraction of sp³-hybridized carbons (Fsp3) is 0.471. The first-order chi connectivity index (χ1) is 10.3. The van der Waals surface area contributed by atoms with E-state index in [9.17, 15) is 0 Å². The normalized spacial score (nSPS) is 20.2. The van der Waals surface area contributed by atoms with Gasteiger partial charge in [0, 0.05) is 19.3 Å². The Labute approximate surface area is 125 Å². The predicted molar refractivity (Wildman–Crippen MR) is 83.3 cm³/mol. The molecular formula is C17H20N2O2. The lowest BCUT2D eigenvalue weighted by Gasteiger charge is -2.38. The summed E-state index contributed by atoms with van der Waals surface area (Å²) in [6.45, 7) is 4.07. The van der Waals surface area contributed by atoms with Gasteiger partial charge in [-0.15, -0.1) is 6.42 Å². The topological polar surface area (TPSA) is 34.1 Å². The standard InChI is InChI=1S/C17H20N2O2/c1-3-13(2)21-17-18-12-14-6-4-5-7-16(14)19(17)15-8-10-20-11-9-15/h1,4-7,13,15H,8-12H2,2H3. The Bertz CT molecular complexity index is 570. The maximum absolute atomic E-state index is 5.86. The summed E-state index contributed by atoms with van der Waals surface area (Å²) in [5.41, 5.74) is 2.41. The van der Waals surface area contributed by atoms with Crippen molar-refractivity contribution in [3.8, 4) is 12.3 Å². The molecule has 1 aromatic rings. The molecule has 0 amide bonds. The lowest BCUT2D eigenvalue weighted by atomic mass is 10.0. The quantitative estimate of drug-likeness (QED) is 0.783. The molecule has 1 unspecified atom stereocenters. The van der Waals surface area contributed by atoms with Gasteiger partial charge in [-0.2, -0.15) is 0 Å². The van der Waals surface area contributed by atoms with E-state index in [0.29, 0.717) is 18.6 Å². The van der Waals surface area contributed by atoms with E-state index in [-0.39, 0.29) is 6.10 Å². The summed E-state index contributed by atoms with van der Waals surface area (Å²) in [5.74, 6) is 2.61. The van der Waals surface area contributed by atoms with Crippen molar-refractivity contribution < 1.29 is 9.47 Å². The Morgan fingerprint density at radius 1 is 1.38 bits per heavy atom. The van der Waals surface area contributed by atoms with Crippen LogP contribution < -0.4 is 4.90 Å². The van der Waals surface area contributed by atoms with Gasteiger partial charge in [-0.05, 0) is 31.4 Å². The van der Waals surface area contributed by atoms with E-state index >= 15 is 0 Å². The lowest BCUT2D eigenvalue weighted by molar-refractivity contribution is 0.0853. The van der Waals surface area contributed by atoms with E-state index in [1.807, 2.05) is 13.0 Å². The van der Waals surface area contributed by atoms with E-state index in [0.717, 1.165) is 26.1 Å². The number of hydrogen-bond donors (Lipinski definition) is 0. The van der Waals surface area contributed by atoms with Crippen molar-refractivity contribution in [2.45, 2.75) is 38.5 Å². The number of hydrogen-bond acceptors (Lipinski definition) is 4. The highest BCUT2D eigenvalue weighted by Gasteiger charge is 2.31. The minimum absolute atomic E-state index is 0.281. The summed E-state index contributed by atoms with van der Waals surface area (Å²) < 4.78 is 11.3. The Morgan fingerprint density at radius 2 is 2.14 bits per heavy atom. The number of para-hydroxylation sites is 1. The maximum Gasteiger partial charge on any atom is 0.293 e. The number of fused-ring (bicyclic) bond motifs is 1. The zero-order valence-corrected chi connectivity index (χ0v) is 12.3. The van der Waals surface area contributed by atoms with Crippen LogP contribution in [0.4, 0.5) is 5.69 Å². The maximum atomic E-state index is 5.86. The summed E-state index contributed by atoms with van der Waals surface area (Å²) in [6.07, 6.45) is 7.10. The zero-order chi connectivity index (χ0) is 14.7. The first kappa shape index (κ1) is 14.0. The van der Waals surface area contributed by atoms with Crippen molar-refractivity contribution in [1.29, 1.82) is 0 Å². The number of rotatable bonds is 2. The van der Waals surface area contributed by atoms with Crippen molar-refractivity contribution in [3.63, 3.8) is 0 Å². The Morgan fingerprint density at radius 3 is 2.90 bits per heavy atom. The average Bonchev–Trinajstić information content (AvgIpc) is 2.55. The number of aliphatic imine (C=N–C) groups is 1. The van der Waals surface area contributed by atoms with Crippen LogP contribution in [0, 0.1) is 12.3 Å². The fourth-order valence-corrected chi connectivity index (χ4v) is 2.79. The van der Waals surface area contributed by atoms with Gasteiger partial charge in [-0.3, -0.25) is 4.90 Å². The summed E-state index contributed by atoms with van der Waals surface area (Å²) in [5, 5.41) is 0. The molecule has 0 aromatic heterocycles. The molecule has 110 valence electrons. The van der Waals surface area contributed by atoms with Gasteiger partial charge in [-0.1, -0.05) is 24.1 Å². The third-order valence-corrected chi connectivity index (χ3v) is 3.91. The number of anilines is 1. The molecule has 4 heteroatoms. The number of ether oxygens (including phenoxy) is 2. The van der Waals surface area contributed by atoms with Crippen LogP contribution >= 0.6 is 0 Å². The third kappa shape index (κ3) is 2.88. The van der Waals surface area contributed by atoms with Crippen molar-refractivity contribution in [1.82, 2.24) is 0 Å². The van der Waals surface area contributed by atoms with Gasteiger partial charge in [0.25, 0.3) is 6.02 Å². The molecule has 0 N–H and O–H groups in total. The van der Waals surface area contributed by atoms with Gasteiger partial charge >= 0.3 is 0 Å². The minimum atomic E-state index is -0.281. The van der Waals surface area contributed by atoms with E-state index in [1.165, 1.54) is 11.3 Å². The van der Waals surface area contributed by atoms with Crippen molar-refractivity contribution in [3.05, 3.63) is 29.8 Å². The van der Waals surface area contributed by atoms with Crippen molar-refractivity contribution in [2.24, 2.45) is 4.99 Å². The van der Waals surface area contributed by atoms with Crippen LogP contribution in [0.1, 0.15) is 25.3 Å². The molecule has 1 aromatic carbocycles. The van der Waals surface area contributed by atoms with Crippen LogP contribution in [0.25, 0.3) is 0 Å². The number of nitrogens with zero attached hydrogens (tertiary/aromatic N) is 2. The second kappa shape index (κ2) is 6.19. The second-order valence-electron chi connectivity index (χ2n) is 5.37. The van der Waals surface area contributed by atoms with Gasteiger partial charge in [-0.25, -0.2) is 4.99 Å². The van der Waals surface area contributed by atoms with Gasteiger partial charge in [0.2, 0.25) is 0 Å². The van der Waals surface area contributed by atoms with Crippen LogP contribution in [-0.2, 0) is 16.0 Å². The van der Waals surface area contributed by atoms with Crippen molar-refractivity contribution >= 4 is 11.7 Å². The molecule has 21 heavy (non-hydrogen) atoms. The summed E-state index contributed by atoms with van der Waals surface area (Å²) in [7, 11) is 0. The Balaban J connectivity index is 1.92. The molecule has 0 spiro atoms. The number of terminal acetylenes is 1. The van der Waals surface area contributed by atoms with Gasteiger partial charge in [0.1, 0.15) is 0 Å². The SMILES string of the molecule is C#CC(C)OC1=NCc2ccccc2N1C1CCOCC1. The van der Waals surface area contributed by atoms with E-state index < -0.39 is 0 Å². The van der Waals surface area contributed by atoms with Crippen LogP contribution in [0.2, 0.25) is 0 Å². The molecule has 1 atom stereocenters. The highest BCUT2D eigenvalue weighted by atomic mass is 16.5. The molecule has 0 bridgehead atoms. The summed E-state index contributed by atoms with van der Waals surface area (Å²) >= 11 is 0. The first-order valence-corrected chi connectivity index (χ1v) is 7.41. The average molecular weight is 284 g/mol. The molecule has 3 rings (SSSR count). The zero-order valence-electron chi connectivity index (χ0n) is 12.3. The van der Waals surface area contributed by atoms with E-state index in [2.05, 4.69) is 34.0 Å². The third-order valence-electron chi connectivity index (χ3n) is 3.91. The van der Waals surface area contributed by atoms with E-state index in [1.54, 1.807) is 0 Å². The molecule has 1 saturated heterocycles. The van der Waals surface area contributed by atoms with Crippen LogP contribution in [0.15, 0.2) is 29.3 Å². The summed E-state index contributed by atoms with van der Waals surface area (Å²) in [6, 6.07) is 9.34. The van der Waals surface area contributed by atoms with E-state index in [4.69, 9.17) is 15.9 Å². The molecule has 2 heterocycles. The van der Waals surface area contributed by atoms with Crippen LogP contribution in [-0.4, -0.2) is 31.4 Å². The lowest BCUT2D eigenvalue weighted by Crippen LogP contribution is -2.47. The highest BCUT2D eigenvalue weighted by molar-refractivity contribution is 5.95. The molecule has 4 nitrogen and oxygen atoms in total. The second-order valence-corrected chi connectivity index (χ2v) is 5.37. The Kier molecular flexibility index (Phi) is 4.12. The molecule has 0 saturated carbocycles. The fourth-order valence-electron chi connectivity index (χ4n) is 2.79. The molecule has 2 aliphatic rings. The van der Waals surface area contributed by atoms with Gasteiger partial charge in [0.15, 0.2) is 6.10 Å². The molecular weight excluding hydrogens is 264 g/mol. The Hall–Kier alpha value is -1.99. The monoisotopic (exact) mass is 284 g/mol. The first-order valence-electron chi connectivity index (χ1n) is 7.41.